The molecule has 0 radical (unpaired) electrons. The number of hydrogen-bond donors (Lipinski definition) is 3. The van der Waals surface area contributed by atoms with Gasteiger partial charge in [-0.3, -0.25) is 9.59 Å². The summed E-state index contributed by atoms with van der Waals surface area (Å²) in [6, 6.07) is 11.4. The van der Waals surface area contributed by atoms with Crippen molar-refractivity contribution in [3.05, 3.63) is 70.8 Å². The van der Waals surface area contributed by atoms with Crippen molar-refractivity contribution in [2.24, 2.45) is 0 Å². The molecule has 1 aliphatic carbocycles. The van der Waals surface area contributed by atoms with Gasteiger partial charge in [0.1, 0.15) is 6.04 Å². The molecule has 0 unspecified atom stereocenters. The highest BCUT2D eigenvalue weighted by atomic mass is 32.2. The molecule has 1 atom stereocenters. The van der Waals surface area contributed by atoms with Gasteiger partial charge in [-0.1, -0.05) is 35.9 Å². The van der Waals surface area contributed by atoms with Crippen LogP contribution in [0.15, 0.2) is 54.1 Å². The normalized spacial score (nSPS) is 17.7. The summed E-state index contributed by atoms with van der Waals surface area (Å²) in [5.41, 5.74) is 4.55. The van der Waals surface area contributed by atoms with Crippen LogP contribution in [0.2, 0.25) is 0 Å². The molecule has 3 N–H and O–H groups in total. The van der Waals surface area contributed by atoms with Crippen LogP contribution in [-0.2, 0) is 20.4 Å². The van der Waals surface area contributed by atoms with E-state index in [1.807, 2.05) is 19.1 Å². The number of hydrogen-bond acceptors (Lipinski definition) is 5. The Bertz CT molecular complexity index is 1220. The van der Waals surface area contributed by atoms with Crippen molar-refractivity contribution in [1.29, 1.82) is 0 Å². The van der Waals surface area contributed by atoms with Crippen LogP contribution in [0.25, 0.3) is 0 Å². The molecule has 0 aromatic heterocycles. The van der Waals surface area contributed by atoms with Gasteiger partial charge >= 0.3 is 0 Å². The Hall–Kier alpha value is -3.13. The van der Waals surface area contributed by atoms with E-state index in [0.29, 0.717) is 23.5 Å². The van der Waals surface area contributed by atoms with Crippen LogP contribution in [0.1, 0.15) is 53.6 Å². The standard InChI is InChI=1S/C26H31N3O4S/c1-18-7-5-6-10-21(18)16-34(32,33)17-24-26(31)29-23-15-20(11-12-22(23)28-24)25(30)27-14-13-19-8-3-2-4-9-19/h5-8,10-12,15,24,28H,2-4,9,13-14,16-17H2,1H3,(H,27,30)(H,29,31)/t24-/m0/s1. The van der Waals surface area contributed by atoms with E-state index in [4.69, 9.17) is 0 Å². The van der Waals surface area contributed by atoms with Crippen LogP contribution in [0.5, 0.6) is 0 Å². The van der Waals surface area contributed by atoms with Gasteiger partial charge in [0, 0.05) is 12.1 Å². The third kappa shape index (κ3) is 6.05. The lowest BCUT2D eigenvalue weighted by Gasteiger charge is -2.27. The second-order valence-corrected chi connectivity index (χ2v) is 11.2. The number of anilines is 2. The fourth-order valence-corrected chi connectivity index (χ4v) is 6.06. The minimum Gasteiger partial charge on any atom is -0.371 e. The number of nitrogens with one attached hydrogen (secondary N) is 3. The van der Waals surface area contributed by atoms with Gasteiger partial charge in [-0.25, -0.2) is 8.42 Å². The number of sulfone groups is 1. The first-order valence-corrected chi connectivity index (χ1v) is 13.6. The van der Waals surface area contributed by atoms with Crippen LogP contribution >= 0.6 is 0 Å². The molecular formula is C26H31N3O4S. The molecule has 0 spiro atoms. The summed E-state index contributed by atoms with van der Waals surface area (Å²) in [6.45, 7) is 2.45. The highest BCUT2D eigenvalue weighted by Crippen LogP contribution is 2.29. The Morgan fingerprint density at radius 2 is 1.94 bits per heavy atom. The van der Waals surface area contributed by atoms with E-state index in [2.05, 4.69) is 22.0 Å². The van der Waals surface area contributed by atoms with Crippen LogP contribution in [-0.4, -0.2) is 38.6 Å². The lowest BCUT2D eigenvalue weighted by Crippen LogP contribution is -2.43. The minimum absolute atomic E-state index is 0.117. The first-order chi connectivity index (χ1) is 16.3. The Labute approximate surface area is 200 Å². The predicted molar refractivity (Wildman–Crippen MR) is 135 cm³/mol. The molecule has 1 aliphatic heterocycles. The molecule has 8 heteroatoms. The molecular weight excluding hydrogens is 450 g/mol. The van der Waals surface area contributed by atoms with E-state index in [-0.39, 0.29) is 17.4 Å². The topological polar surface area (TPSA) is 104 Å². The number of benzene rings is 2. The van der Waals surface area contributed by atoms with E-state index in [1.165, 1.54) is 18.4 Å². The molecule has 34 heavy (non-hydrogen) atoms. The van der Waals surface area contributed by atoms with E-state index in [9.17, 15) is 18.0 Å². The van der Waals surface area contributed by atoms with Gasteiger partial charge in [-0.2, -0.15) is 0 Å². The van der Waals surface area contributed by atoms with Crippen LogP contribution in [0.3, 0.4) is 0 Å². The molecule has 0 saturated carbocycles. The van der Waals surface area contributed by atoms with Crippen LogP contribution in [0, 0.1) is 6.92 Å². The molecule has 0 saturated heterocycles. The average molecular weight is 482 g/mol. The Morgan fingerprint density at radius 3 is 2.71 bits per heavy atom. The third-order valence-corrected chi connectivity index (χ3v) is 7.95. The van der Waals surface area contributed by atoms with Crippen molar-refractivity contribution in [1.82, 2.24) is 5.32 Å². The van der Waals surface area contributed by atoms with Crippen molar-refractivity contribution in [3.8, 4) is 0 Å². The number of aryl methyl sites for hydroxylation is 1. The number of carbonyl (C=O) groups excluding carboxylic acids is 2. The summed E-state index contributed by atoms with van der Waals surface area (Å²) in [7, 11) is -3.53. The maximum absolute atomic E-state index is 12.8. The molecule has 2 amide bonds. The lowest BCUT2D eigenvalue weighted by atomic mass is 9.97. The van der Waals surface area contributed by atoms with E-state index >= 15 is 0 Å². The fourth-order valence-electron chi connectivity index (χ4n) is 4.40. The number of amides is 2. The predicted octanol–water partition coefficient (Wildman–Crippen LogP) is 3.96. The molecule has 2 aromatic carbocycles. The van der Waals surface area contributed by atoms with Crippen molar-refractivity contribution in [3.63, 3.8) is 0 Å². The zero-order valence-electron chi connectivity index (χ0n) is 19.4. The molecule has 7 nitrogen and oxygen atoms in total. The fraction of sp³-hybridized carbons (Fsp3) is 0.385. The zero-order valence-corrected chi connectivity index (χ0v) is 20.2. The van der Waals surface area contributed by atoms with Crippen molar-refractivity contribution in [2.45, 2.75) is 50.8 Å². The van der Waals surface area contributed by atoms with Gasteiger partial charge in [0.2, 0.25) is 5.91 Å². The molecule has 0 bridgehead atoms. The Balaban J connectivity index is 1.36. The highest BCUT2D eigenvalue weighted by molar-refractivity contribution is 7.90. The van der Waals surface area contributed by atoms with E-state index < -0.39 is 21.8 Å². The summed E-state index contributed by atoms with van der Waals surface area (Å²) in [5, 5.41) is 8.72. The number of carbonyl (C=O) groups is 2. The van der Waals surface area contributed by atoms with Gasteiger partial charge in [0.25, 0.3) is 5.91 Å². The summed E-state index contributed by atoms with van der Waals surface area (Å²) in [5.74, 6) is -1.06. The van der Waals surface area contributed by atoms with Gasteiger partial charge in [0.05, 0.1) is 22.9 Å². The smallest absolute Gasteiger partial charge is 0.251 e. The van der Waals surface area contributed by atoms with Gasteiger partial charge in [-0.15, -0.1) is 0 Å². The molecule has 0 fully saturated rings. The molecule has 2 aromatic rings. The average Bonchev–Trinajstić information content (AvgIpc) is 2.81. The van der Waals surface area contributed by atoms with Crippen LogP contribution in [0.4, 0.5) is 11.4 Å². The largest absolute Gasteiger partial charge is 0.371 e. The van der Waals surface area contributed by atoms with E-state index in [1.54, 1.807) is 30.3 Å². The Kier molecular flexibility index (Phi) is 7.36. The molecule has 1 heterocycles. The second-order valence-electron chi connectivity index (χ2n) is 9.04. The lowest BCUT2D eigenvalue weighted by molar-refractivity contribution is -0.116. The first-order valence-electron chi connectivity index (χ1n) is 11.7. The van der Waals surface area contributed by atoms with Gasteiger partial charge < -0.3 is 16.0 Å². The summed E-state index contributed by atoms with van der Waals surface area (Å²) >= 11 is 0. The molecule has 2 aliphatic rings. The third-order valence-electron chi connectivity index (χ3n) is 6.36. The van der Waals surface area contributed by atoms with Crippen LogP contribution < -0.4 is 16.0 Å². The maximum atomic E-state index is 12.8. The highest BCUT2D eigenvalue weighted by Gasteiger charge is 2.30. The van der Waals surface area contributed by atoms with Crippen molar-refractivity contribution < 1.29 is 18.0 Å². The second kappa shape index (κ2) is 10.4. The quantitative estimate of drug-likeness (QED) is 0.495. The summed E-state index contributed by atoms with van der Waals surface area (Å²) < 4.78 is 25.5. The molecule has 180 valence electrons. The monoisotopic (exact) mass is 481 g/mol. The van der Waals surface area contributed by atoms with Crippen molar-refractivity contribution in [2.75, 3.05) is 22.9 Å². The minimum atomic E-state index is -3.53. The van der Waals surface area contributed by atoms with Crippen molar-refractivity contribution >= 4 is 33.0 Å². The summed E-state index contributed by atoms with van der Waals surface area (Å²) in [6.07, 6.45) is 7.81. The summed E-state index contributed by atoms with van der Waals surface area (Å²) in [4.78, 5) is 25.2. The zero-order chi connectivity index (χ0) is 24.1. The van der Waals surface area contributed by atoms with Gasteiger partial charge in [-0.05, 0) is 68.4 Å². The number of allylic oxidation sites excluding steroid dienone is 1. The maximum Gasteiger partial charge on any atom is 0.251 e. The number of rotatable bonds is 8. The Morgan fingerprint density at radius 1 is 1.12 bits per heavy atom. The number of fused-ring (bicyclic) bond motifs is 1. The molecule has 4 rings (SSSR count). The SMILES string of the molecule is Cc1ccccc1CS(=O)(=O)C[C@@H]1Nc2ccc(C(=O)NCCC3=CCCCC3)cc2NC1=O. The van der Waals surface area contributed by atoms with Gasteiger partial charge in [0.15, 0.2) is 9.84 Å². The first kappa shape index (κ1) is 24.0. The van der Waals surface area contributed by atoms with E-state index in [0.717, 1.165) is 30.4 Å².